The molecule has 9 nitrogen and oxygen atoms in total. The fourth-order valence-electron chi connectivity index (χ4n) is 2.68. The first-order valence-electron chi connectivity index (χ1n) is 8.72. The Balaban J connectivity index is 1.68. The second-order valence-electron chi connectivity index (χ2n) is 6.17. The zero-order valence-corrected chi connectivity index (χ0v) is 16.1. The average Bonchev–Trinajstić information content (AvgIpc) is 2.74. The van der Waals surface area contributed by atoms with Crippen molar-refractivity contribution in [1.82, 2.24) is 9.73 Å². The van der Waals surface area contributed by atoms with Crippen LogP contribution in [0.3, 0.4) is 0 Å². The molecule has 1 aliphatic heterocycles. The lowest BCUT2D eigenvalue weighted by Crippen LogP contribution is -2.40. The Kier molecular flexibility index (Phi) is 6.37. The Morgan fingerprint density at radius 2 is 1.76 bits per heavy atom. The number of carbonyl (C=O) groups is 2. The molecule has 10 heteroatoms. The van der Waals surface area contributed by atoms with Gasteiger partial charge in [-0.1, -0.05) is 18.2 Å². The maximum atomic E-state index is 12.7. The van der Waals surface area contributed by atoms with Crippen LogP contribution in [0.1, 0.15) is 26.3 Å². The summed E-state index contributed by atoms with van der Waals surface area (Å²) < 4.78 is 31.9. The van der Waals surface area contributed by atoms with Gasteiger partial charge in [0.2, 0.25) is 10.0 Å². The van der Waals surface area contributed by atoms with Crippen molar-refractivity contribution in [1.29, 1.82) is 0 Å². The number of hydrazone groups is 1. The van der Waals surface area contributed by atoms with Gasteiger partial charge >= 0.3 is 5.97 Å². The summed E-state index contributed by atoms with van der Waals surface area (Å²) in [4.78, 5) is 23.2. The molecular formula is C19H19N3O6S. The summed E-state index contributed by atoms with van der Waals surface area (Å²) in [5.41, 5.74) is 3.22. The van der Waals surface area contributed by atoms with E-state index in [1.165, 1.54) is 46.9 Å². The molecular weight excluding hydrogens is 398 g/mol. The number of nitrogens with one attached hydrogen (secondary N) is 1. The van der Waals surface area contributed by atoms with E-state index >= 15 is 0 Å². The van der Waals surface area contributed by atoms with Crippen molar-refractivity contribution in [2.75, 3.05) is 26.3 Å². The van der Waals surface area contributed by atoms with Gasteiger partial charge < -0.3 is 9.84 Å². The van der Waals surface area contributed by atoms with E-state index in [1.807, 2.05) is 0 Å². The van der Waals surface area contributed by atoms with E-state index < -0.39 is 21.9 Å². The number of carboxylic acids is 1. The Bertz CT molecular complexity index is 1030. The highest BCUT2D eigenvalue weighted by molar-refractivity contribution is 7.89. The zero-order valence-electron chi connectivity index (χ0n) is 15.3. The number of ether oxygens (including phenoxy) is 1. The van der Waals surface area contributed by atoms with Gasteiger partial charge in [-0.25, -0.2) is 18.6 Å². The molecule has 29 heavy (non-hydrogen) atoms. The van der Waals surface area contributed by atoms with Crippen molar-refractivity contribution in [2.24, 2.45) is 5.10 Å². The number of carboxylic acid groups (broad SMARTS) is 1. The van der Waals surface area contributed by atoms with Gasteiger partial charge in [-0.3, -0.25) is 4.79 Å². The molecule has 0 bridgehead atoms. The molecule has 2 aromatic rings. The van der Waals surface area contributed by atoms with Crippen LogP contribution in [-0.2, 0) is 14.8 Å². The van der Waals surface area contributed by atoms with E-state index in [1.54, 1.807) is 12.1 Å². The highest BCUT2D eigenvalue weighted by atomic mass is 32.2. The van der Waals surface area contributed by atoms with Crippen LogP contribution < -0.4 is 5.43 Å². The third kappa shape index (κ3) is 5.05. The van der Waals surface area contributed by atoms with E-state index in [2.05, 4.69) is 10.5 Å². The number of benzene rings is 2. The molecule has 0 atom stereocenters. The first-order chi connectivity index (χ1) is 13.9. The molecule has 2 aromatic carbocycles. The maximum absolute atomic E-state index is 12.7. The molecule has 0 unspecified atom stereocenters. The minimum Gasteiger partial charge on any atom is -0.478 e. The highest BCUT2D eigenvalue weighted by Crippen LogP contribution is 2.18. The van der Waals surface area contributed by atoms with E-state index in [0.717, 1.165) is 0 Å². The summed E-state index contributed by atoms with van der Waals surface area (Å²) >= 11 is 0. The molecule has 1 amide bonds. The third-order valence-corrected chi connectivity index (χ3v) is 6.14. The van der Waals surface area contributed by atoms with Crippen LogP contribution in [0.25, 0.3) is 0 Å². The van der Waals surface area contributed by atoms with Gasteiger partial charge in [-0.15, -0.1) is 0 Å². The van der Waals surface area contributed by atoms with Crippen LogP contribution >= 0.6 is 0 Å². The van der Waals surface area contributed by atoms with Gasteiger partial charge in [-0.05, 0) is 35.9 Å². The molecule has 2 N–H and O–H groups in total. The number of hydrogen-bond donors (Lipinski definition) is 2. The van der Waals surface area contributed by atoms with Crippen molar-refractivity contribution < 1.29 is 27.9 Å². The van der Waals surface area contributed by atoms with Crippen LogP contribution in [0.15, 0.2) is 58.5 Å². The normalized spacial score (nSPS) is 15.3. The monoisotopic (exact) mass is 417 g/mol. The molecule has 0 radical (unpaired) electrons. The summed E-state index contributed by atoms with van der Waals surface area (Å²) in [6, 6.07) is 11.7. The minimum atomic E-state index is -3.71. The summed E-state index contributed by atoms with van der Waals surface area (Å²) in [5.74, 6) is -1.60. The molecule has 3 rings (SSSR count). The molecule has 0 aromatic heterocycles. The van der Waals surface area contributed by atoms with Gasteiger partial charge in [-0.2, -0.15) is 9.41 Å². The number of hydrogen-bond acceptors (Lipinski definition) is 6. The number of carbonyl (C=O) groups excluding carboxylic acids is 1. The lowest BCUT2D eigenvalue weighted by Gasteiger charge is -2.26. The Morgan fingerprint density at radius 1 is 1.07 bits per heavy atom. The van der Waals surface area contributed by atoms with Crippen molar-refractivity contribution in [3.8, 4) is 0 Å². The van der Waals surface area contributed by atoms with Crippen molar-refractivity contribution in [3.05, 3.63) is 65.2 Å². The number of amides is 1. The van der Waals surface area contributed by atoms with Gasteiger partial charge in [0.05, 0.1) is 29.9 Å². The maximum Gasteiger partial charge on any atom is 0.335 e. The van der Waals surface area contributed by atoms with E-state index in [-0.39, 0.29) is 29.1 Å². The predicted octanol–water partition coefficient (Wildman–Crippen LogP) is 1.17. The van der Waals surface area contributed by atoms with E-state index in [9.17, 15) is 18.0 Å². The molecule has 0 aliphatic carbocycles. The van der Waals surface area contributed by atoms with Gasteiger partial charge in [0.15, 0.2) is 0 Å². The zero-order chi connectivity index (χ0) is 20.9. The second kappa shape index (κ2) is 8.95. The number of nitrogens with zero attached hydrogens (tertiary/aromatic N) is 2. The first kappa shape index (κ1) is 20.6. The summed E-state index contributed by atoms with van der Waals surface area (Å²) in [7, 11) is -3.71. The highest BCUT2D eigenvalue weighted by Gasteiger charge is 2.26. The van der Waals surface area contributed by atoms with Crippen molar-refractivity contribution in [3.63, 3.8) is 0 Å². The van der Waals surface area contributed by atoms with Crippen molar-refractivity contribution in [2.45, 2.75) is 4.90 Å². The van der Waals surface area contributed by atoms with E-state index in [0.29, 0.717) is 18.8 Å². The first-order valence-corrected chi connectivity index (χ1v) is 10.2. The lowest BCUT2D eigenvalue weighted by atomic mass is 10.1. The summed E-state index contributed by atoms with van der Waals surface area (Å²) in [5, 5.41) is 12.7. The Hall–Kier alpha value is -3.08. The SMILES string of the molecule is O=C(O)c1ccc(C=NNC(=O)c2cccc(S(=O)(=O)N3CCOCC3)c2)cc1. The molecule has 1 heterocycles. The van der Waals surface area contributed by atoms with Crippen LogP contribution in [0, 0.1) is 0 Å². The number of sulfonamides is 1. The fraction of sp³-hybridized carbons (Fsp3) is 0.211. The topological polar surface area (TPSA) is 125 Å². The number of rotatable bonds is 6. The van der Waals surface area contributed by atoms with Crippen molar-refractivity contribution >= 4 is 28.1 Å². The third-order valence-electron chi connectivity index (χ3n) is 4.24. The Labute approximate surface area is 167 Å². The quantitative estimate of drug-likeness (QED) is 0.537. The Morgan fingerprint density at radius 3 is 2.41 bits per heavy atom. The summed E-state index contributed by atoms with van der Waals surface area (Å²) in [6.07, 6.45) is 1.36. The fourth-order valence-corrected chi connectivity index (χ4v) is 4.13. The standard InChI is InChI=1S/C19H19N3O6S/c23-18(21-20-13-14-4-6-15(7-5-14)19(24)25)16-2-1-3-17(12-16)29(26,27)22-8-10-28-11-9-22/h1-7,12-13H,8-11H2,(H,21,23)(H,24,25). The minimum absolute atomic E-state index is 0.0280. The van der Waals surface area contributed by atoms with E-state index in [4.69, 9.17) is 9.84 Å². The average molecular weight is 417 g/mol. The summed E-state index contributed by atoms with van der Waals surface area (Å²) in [6.45, 7) is 1.20. The lowest BCUT2D eigenvalue weighted by molar-refractivity contribution is 0.0696. The number of aromatic carboxylic acids is 1. The van der Waals surface area contributed by atoms with Gasteiger partial charge in [0.25, 0.3) is 5.91 Å². The van der Waals surface area contributed by atoms with Crippen LogP contribution in [0.5, 0.6) is 0 Å². The van der Waals surface area contributed by atoms with Crippen LogP contribution in [0.2, 0.25) is 0 Å². The molecule has 152 valence electrons. The van der Waals surface area contributed by atoms with Crippen LogP contribution in [0.4, 0.5) is 0 Å². The number of morpholine rings is 1. The molecule has 0 spiro atoms. The predicted molar refractivity (Wildman–Crippen MR) is 104 cm³/mol. The largest absolute Gasteiger partial charge is 0.478 e. The van der Waals surface area contributed by atoms with Gasteiger partial charge in [0.1, 0.15) is 0 Å². The molecule has 1 fully saturated rings. The smallest absolute Gasteiger partial charge is 0.335 e. The van der Waals surface area contributed by atoms with Crippen LogP contribution in [-0.4, -0.2) is 62.2 Å². The molecule has 1 aliphatic rings. The molecule has 1 saturated heterocycles. The second-order valence-corrected chi connectivity index (χ2v) is 8.11. The van der Waals surface area contributed by atoms with Gasteiger partial charge in [0, 0.05) is 18.7 Å². The molecule has 0 saturated carbocycles.